The standard InChI is InChI=1S/C21H17N3.2K/c1-13-7-8-16-17(9-13)23-18-11-15-10-14-5-3-4-6-20(14)24(2)21(15)12-19(18)22-16;;/h3-9,11-12H,10H2,1-2H3;;/q-2;2*+1. The third kappa shape index (κ3) is 3.64. The first kappa shape index (κ1) is 21.1. The molecule has 5 rings (SSSR count). The molecule has 0 aromatic heterocycles. The van der Waals surface area contributed by atoms with Crippen molar-refractivity contribution in [2.24, 2.45) is 0 Å². The quantitative estimate of drug-likeness (QED) is 0.407. The topological polar surface area (TPSA) is 31.4 Å². The van der Waals surface area contributed by atoms with E-state index in [0.717, 1.165) is 29.2 Å². The van der Waals surface area contributed by atoms with Crippen LogP contribution in [0.25, 0.3) is 10.6 Å². The molecule has 0 spiro atoms. The second-order valence-corrected chi connectivity index (χ2v) is 6.55. The van der Waals surface area contributed by atoms with Crippen molar-refractivity contribution in [3.8, 4) is 0 Å². The van der Waals surface area contributed by atoms with Crippen molar-refractivity contribution < 1.29 is 103 Å². The fourth-order valence-corrected chi connectivity index (χ4v) is 3.64. The van der Waals surface area contributed by atoms with Crippen molar-refractivity contribution >= 4 is 34.1 Å². The van der Waals surface area contributed by atoms with Gasteiger partial charge in [0.2, 0.25) is 0 Å². The van der Waals surface area contributed by atoms with E-state index in [2.05, 4.69) is 73.5 Å². The minimum atomic E-state index is 0. The molecule has 0 saturated heterocycles. The number of nitrogens with zero attached hydrogens (tertiary/aromatic N) is 3. The normalized spacial score (nSPS) is 12.8. The van der Waals surface area contributed by atoms with Gasteiger partial charge >= 0.3 is 103 Å². The van der Waals surface area contributed by atoms with E-state index >= 15 is 0 Å². The number of benzene rings is 3. The molecule has 0 radical (unpaired) electrons. The van der Waals surface area contributed by atoms with E-state index in [4.69, 9.17) is 10.6 Å². The Morgan fingerprint density at radius 3 is 2.27 bits per heavy atom. The Labute approximate surface area is 239 Å². The van der Waals surface area contributed by atoms with E-state index in [9.17, 15) is 0 Å². The molecule has 5 heteroatoms. The molecule has 0 atom stereocenters. The predicted octanol–water partition coefficient (Wildman–Crippen LogP) is 0.662. The van der Waals surface area contributed by atoms with Crippen LogP contribution in [-0.4, -0.2) is 7.05 Å². The van der Waals surface area contributed by atoms with E-state index in [-0.39, 0.29) is 103 Å². The molecule has 0 aliphatic carbocycles. The first-order valence-electron chi connectivity index (χ1n) is 8.22. The number of para-hydroxylation sites is 1. The number of hydrogen-bond acceptors (Lipinski definition) is 1. The van der Waals surface area contributed by atoms with Gasteiger partial charge in [0.25, 0.3) is 0 Å². The minimum absolute atomic E-state index is 0. The summed E-state index contributed by atoms with van der Waals surface area (Å²) in [5, 5.41) is 9.67. The van der Waals surface area contributed by atoms with E-state index in [1.165, 1.54) is 28.1 Å². The molecule has 0 saturated carbocycles. The number of fused-ring (bicyclic) bond motifs is 4. The summed E-state index contributed by atoms with van der Waals surface area (Å²) in [5.74, 6) is 0. The molecule has 0 fully saturated rings. The smallest absolute Gasteiger partial charge is 0.660 e. The molecular weight excluding hydrogens is 372 g/mol. The van der Waals surface area contributed by atoms with E-state index in [0.29, 0.717) is 0 Å². The van der Waals surface area contributed by atoms with Crippen LogP contribution in [0.15, 0.2) is 54.6 Å². The molecule has 0 N–H and O–H groups in total. The van der Waals surface area contributed by atoms with Gasteiger partial charge in [-0.15, -0.1) is 5.69 Å². The fraction of sp³-hybridized carbons (Fsp3) is 0.143. The maximum atomic E-state index is 4.85. The maximum absolute atomic E-state index is 4.85. The Bertz CT molecular complexity index is 985. The van der Waals surface area contributed by atoms with Crippen molar-refractivity contribution in [2.75, 3.05) is 11.9 Å². The largest absolute Gasteiger partial charge is 1.00 e. The van der Waals surface area contributed by atoms with Crippen molar-refractivity contribution in [2.45, 2.75) is 13.3 Å². The van der Waals surface area contributed by atoms with Crippen LogP contribution in [0.4, 0.5) is 34.1 Å². The van der Waals surface area contributed by atoms with Crippen molar-refractivity contribution in [3.63, 3.8) is 0 Å². The summed E-state index contributed by atoms with van der Waals surface area (Å²) >= 11 is 0. The van der Waals surface area contributed by atoms with Crippen LogP contribution >= 0.6 is 0 Å². The number of hydrogen-bond donors (Lipinski definition) is 0. The van der Waals surface area contributed by atoms with Gasteiger partial charge in [0, 0.05) is 24.8 Å². The second-order valence-electron chi connectivity index (χ2n) is 6.55. The molecule has 0 amide bonds. The molecule has 2 aliphatic rings. The molecule has 26 heavy (non-hydrogen) atoms. The van der Waals surface area contributed by atoms with Gasteiger partial charge in [-0.2, -0.15) is 17.1 Å². The van der Waals surface area contributed by atoms with Crippen molar-refractivity contribution in [3.05, 3.63) is 81.9 Å². The van der Waals surface area contributed by atoms with E-state index in [1.807, 2.05) is 0 Å². The number of aryl methyl sites for hydroxylation is 1. The zero-order valence-corrected chi connectivity index (χ0v) is 22.0. The molecule has 3 nitrogen and oxygen atoms in total. The summed E-state index contributed by atoms with van der Waals surface area (Å²) in [7, 11) is 2.13. The third-order valence-corrected chi connectivity index (χ3v) is 4.88. The predicted molar refractivity (Wildman–Crippen MR) is 100 cm³/mol. The number of rotatable bonds is 0. The van der Waals surface area contributed by atoms with Crippen molar-refractivity contribution in [1.29, 1.82) is 0 Å². The summed E-state index contributed by atoms with van der Waals surface area (Å²) in [6, 6.07) is 19.2. The van der Waals surface area contributed by atoms with Gasteiger partial charge in [0.05, 0.1) is 0 Å². The van der Waals surface area contributed by atoms with Crippen LogP contribution in [0.1, 0.15) is 16.7 Å². The van der Waals surface area contributed by atoms with Gasteiger partial charge in [-0.25, -0.2) is 0 Å². The van der Waals surface area contributed by atoms with E-state index < -0.39 is 0 Å². The molecule has 0 unspecified atom stereocenters. The van der Waals surface area contributed by atoms with Crippen LogP contribution in [0.3, 0.4) is 0 Å². The molecule has 0 bridgehead atoms. The first-order chi connectivity index (χ1) is 11.7. The van der Waals surface area contributed by atoms with Gasteiger partial charge in [-0.05, 0) is 24.1 Å². The van der Waals surface area contributed by atoms with Crippen LogP contribution in [0, 0.1) is 6.92 Å². The Morgan fingerprint density at radius 1 is 0.731 bits per heavy atom. The molecular formula is C21H17K2N3. The summed E-state index contributed by atoms with van der Waals surface area (Å²) in [4.78, 5) is 2.26. The first-order valence-corrected chi connectivity index (χ1v) is 8.22. The fourth-order valence-electron chi connectivity index (χ4n) is 3.64. The van der Waals surface area contributed by atoms with Crippen LogP contribution < -0.4 is 108 Å². The summed E-state index contributed by atoms with van der Waals surface area (Å²) < 4.78 is 0. The van der Waals surface area contributed by atoms with Gasteiger partial charge in [0.15, 0.2) is 0 Å². The Hall–Kier alpha value is 0.333. The number of anilines is 2. The third-order valence-electron chi connectivity index (χ3n) is 4.88. The molecule has 3 aromatic rings. The maximum Gasteiger partial charge on any atom is 1.00 e. The van der Waals surface area contributed by atoms with Crippen molar-refractivity contribution in [1.82, 2.24) is 0 Å². The molecule has 2 aliphatic heterocycles. The average Bonchev–Trinajstić information content (AvgIpc) is 2.59. The van der Waals surface area contributed by atoms with Gasteiger partial charge in [-0.3, -0.25) is 0 Å². The zero-order chi connectivity index (χ0) is 16.3. The Kier molecular flexibility index (Phi) is 6.78. The van der Waals surface area contributed by atoms with Gasteiger partial charge in [-0.1, -0.05) is 54.1 Å². The van der Waals surface area contributed by atoms with Gasteiger partial charge < -0.3 is 15.5 Å². The minimum Gasteiger partial charge on any atom is -0.660 e. The van der Waals surface area contributed by atoms with Crippen LogP contribution in [0.2, 0.25) is 0 Å². The van der Waals surface area contributed by atoms with E-state index in [1.54, 1.807) is 0 Å². The molecule has 2 heterocycles. The molecule has 118 valence electrons. The van der Waals surface area contributed by atoms with Crippen LogP contribution in [0.5, 0.6) is 0 Å². The molecule has 3 aromatic carbocycles. The zero-order valence-electron chi connectivity index (χ0n) is 15.7. The van der Waals surface area contributed by atoms with Gasteiger partial charge in [0.1, 0.15) is 0 Å². The second kappa shape index (κ2) is 8.37. The average molecular weight is 390 g/mol. The monoisotopic (exact) mass is 389 g/mol. The summed E-state index contributed by atoms with van der Waals surface area (Å²) in [6.07, 6.45) is 0.944. The van der Waals surface area contributed by atoms with Crippen LogP contribution in [-0.2, 0) is 6.42 Å². The Balaban J connectivity index is 0.000000980. The summed E-state index contributed by atoms with van der Waals surface area (Å²) in [5.41, 5.74) is 10.2. The SMILES string of the molecule is Cc1ccc2c(c1)[N-]c1cc3c(cc1[N-]2)N(C)c1ccccc1C3.[K+].[K+]. The Morgan fingerprint density at radius 2 is 1.42 bits per heavy atom. The summed E-state index contributed by atoms with van der Waals surface area (Å²) in [6.45, 7) is 2.09.